The number of benzene rings is 3. The molecule has 0 aliphatic carbocycles. The molecule has 0 saturated heterocycles. The third-order valence-corrected chi connectivity index (χ3v) is 5.06. The number of ether oxygens (including phenoxy) is 1. The molecule has 0 aliphatic heterocycles. The van der Waals surface area contributed by atoms with E-state index in [0.717, 1.165) is 11.1 Å². The molecule has 4 rings (SSSR count). The second-order valence-electron chi connectivity index (χ2n) is 6.96. The van der Waals surface area contributed by atoms with Crippen LogP contribution in [0, 0.1) is 0 Å². The Hall–Kier alpha value is -3.91. The van der Waals surface area contributed by atoms with E-state index in [2.05, 4.69) is 25.9 Å². The molecule has 32 heavy (non-hydrogen) atoms. The van der Waals surface area contributed by atoms with Crippen LogP contribution in [-0.2, 0) is 0 Å². The Labute approximate surface area is 189 Å². The van der Waals surface area contributed by atoms with Crippen molar-refractivity contribution in [1.29, 1.82) is 0 Å². The molecule has 0 aliphatic rings. The summed E-state index contributed by atoms with van der Waals surface area (Å²) in [5.74, 6) is 0.715. The van der Waals surface area contributed by atoms with Crippen molar-refractivity contribution in [3.05, 3.63) is 88.9 Å². The van der Waals surface area contributed by atoms with E-state index in [-0.39, 0.29) is 17.2 Å². The first-order chi connectivity index (χ1) is 15.6. The van der Waals surface area contributed by atoms with Gasteiger partial charge in [-0.2, -0.15) is 0 Å². The molecule has 0 spiro atoms. The molecule has 0 saturated carbocycles. The number of tetrazole rings is 1. The summed E-state index contributed by atoms with van der Waals surface area (Å²) in [6.07, 6.45) is -0.0239. The highest BCUT2D eigenvalue weighted by molar-refractivity contribution is 6.30. The number of H-pyrrole nitrogens is 1. The Morgan fingerprint density at radius 1 is 1.09 bits per heavy atom. The van der Waals surface area contributed by atoms with E-state index >= 15 is 0 Å². The second-order valence-corrected chi connectivity index (χ2v) is 7.40. The van der Waals surface area contributed by atoms with Crippen molar-refractivity contribution in [3.63, 3.8) is 0 Å². The highest BCUT2D eigenvalue weighted by Crippen LogP contribution is 2.33. The summed E-state index contributed by atoms with van der Waals surface area (Å²) in [5, 5.41) is 27.4. The Morgan fingerprint density at radius 2 is 1.88 bits per heavy atom. The van der Waals surface area contributed by atoms with Crippen molar-refractivity contribution in [1.82, 2.24) is 25.9 Å². The normalized spacial score (nSPS) is 11.7. The van der Waals surface area contributed by atoms with Crippen molar-refractivity contribution in [3.8, 4) is 22.9 Å². The zero-order valence-electron chi connectivity index (χ0n) is 16.9. The van der Waals surface area contributed by atoms with Crippen LogP contribution in [-0.4, -0.2) is 38.2 Å². The van der Waals surface area contributed by atoms with Gasteiger partial charge in [-0.15, -0.1) is 5.10 Å². The molecule has 0 bridgehead atoms. The van der Waals surface area contributed by atoms with Crippen LogP contribution in [0.25, 0.3) is 11.4 Å². The number of carbonyl (C=O) groups is 1. The lowest BCUT2D eigenvalue weighted by atomic mass is 9.99. The van der Waals surface area contributed by atoms with Gasteiger partial charge in [0.25, 0.3) is 5.91 Å². The Kier molecular flexibility index (Phi) is 6.62. The van der Waals surface area contributed by atoms with Crippen molar-refractivity contribution in [2.45, 2.75) is 12.5 Å². The van der Waals surface area contributed by atoms with Crippen molar-refractivity contribution in [2.75, 3.05) is 6.54 Å². The van der Waals surface area contributed by atoms with Gasteiger partial charge in [0.1, 0.15) is 17.6 Å². The van der Waals surface area contributed by atoms with Gasteiger partial charge in [0.05, 0.1) is 5.56 Å². The lowest BCUT2D eigenvalue weighted by Crippen LogP contribution is -2.26. The van der Waals surface area contributed by atoms with Gasteiger partial charge >= 0.3 is 0 Å². The Bertz CT molecular complexity index is 1190. The number of hydrogen-bond donors (Lipinski definition) is 3. The van der Waals surface area contributed by atoms with E-state index in [1.807, 2.05) is 36.4 Å². The summed E-state index contributed by atoms with van der Waals surface area (Å²) < 4.78 is 6.26. The molecular weight excluding hydrogens is 430 g/mol. The van der Waals surface area contributed by atoms with Crippen LogP contribution in [0.1, 0.15) is 28.4 Å². The zero-order chi connectivity index (χ0) is 22.3. The molecule has 8 nitrogen and oxygen atoms in total. The van der Waals surface area contributed by atoms with Crippen LogP contribution < -0.4 is 10.1 Å². The minimum absolute atomic E-state index is 0.0722. The monoisotopic (exact) mass is 449 g/mol. The van der Waals surface area contributed by atoms with E-state index < -0.39 is 6.10 Å². The predicted octanol–water partition coefficient (Wildman–Crippen LogP) is 4.17. The molecule has 0 fully saturated rings. The van der Waals surface area contributed by atoms with E-state index in [0.29, 0.717) is 29.6 Å². The minimum atomic E-state index is -0.458. The fourth-order valence-electron chi connectivity index (χ4n) is 3.31. The molecule has 1 aromatic heterocycles. The first-order valence-electron chi connectivity index (χ1n) is 9.93. The third kappa shape index (κ3) is 5.04. The third-order valence-electron chi connectivity index (χ3n) is 4.82. The van der Waals surface area contributed by atoms with Crippen molar-refractivity contribution < 1.29 is 14.6 Å². The van der Waals surface area contributed by atoms with Gasteiger partial charge in [-0.3, -0.25) is 4.79 Å². The summed E-state index contributed by atoms with van der Waals surface area (Å²) >= 11 is 6.29. The van der Waals surface area contributed by atoms with Gasteiger partial charge < -0.3 is 15.2 Å². The maximum Gasteiger partial charge on any atom is 0.255 e. The zero-order valence-corrected chi connectivity index (χ0v) is 17.7. The van der Waals surface area contributed by atoms with Crippen LogP contribution in [0.3, 0.4) is 0 Å². The SMILES string of the molecule is O=C(NCCC(Oc1ccccc1)c1cc(Cl)ccc1-c1nnn[nH]1)c1ccccc1O. The number of halogens is 1. The number of aromatic hydroxyl groups is 1. The highest BCUT2D eigenvalue weighted by atomic mass is 35.5. The quantitative estimate of drug-likeness (QED) is 0.372. The fourth-order valence-corrected chi connectivity index (χ4v) is 3.49. The summed E-state index contributed by atoms with van der Waals surface area (Å²) in [5.41, 5.74) is 1.73. The number of carbonyl (C=O) groups excluding carboxylic acids is 1. The van der Waals surface area contributed by atoms with Gasteiger partial charge in [0, 0.05) is 29.1 Å². The molecule has 1 heterocycles. The molecule has 1 amide bonds. The van der Waals surface area contributed by atoms with Crippen LogP contribution in [0.2, 0.25) is 5.02 Å². The van der Waals surface area contributed by atoms with Crippen LogP contribution in [0.5, 0.6) is 11.5 Å². The topological polar surface area (TPSA) is 113 Å². The molecule has 1 unspecified atom stereocenters. The summed E-state index contributed by atoms with van der Waals surface area (Å²) in [6, 6.07) is 21.1. The highest BCUT2D eigenvalue weighted by Gasteiger charge is 2.21. The minimum Gasteiger partial charge on any atom is -0.507 e. The molecule has 162 valence electrons. The van der Waals surface area contributed by atoms with Crippen molar-refractivity contribution in [2.24, 2.45) is 0 Å². The number of amides is 1. The predicted molar refractivity (Wildman–Crippen MR) is 119 cm³/mol. The largest absolute Gasteiger partial charge is 0.507 e. The molecular formula is C23H20ClN5O3. The average molecular weight is 450 g/mol. The number of phenolic OH excluding ortho intramolecular Hbond substituents is 1. The summed E-state index contributed by atoms with van der Waals surface area (Å²) in [6.45, 7) is 0.297. The Balaban J connectivity index is 1.58. The van der Waals surface area contributed by atoms with Gasteiger partial charge in [0.2, 0.25) is 0 Å². The maximum atomic E-state index is 12.5. The van der Waals surface area contributed by atoms with E-state index in [9.17, 15) is 9.90 Å². The lowest BCUT2D eigenvalue weighted by Gasteiger charge is -2.22. The van der Waals surface area contributed by atoms with Gasteiger partial charge in [-0.1, -0.05) is 41.9 Å². The van der Waals surface area contributed by atoms with Gasteiger partial charge in [0.15, 0.2) is 5.82 Å². The van der Waals surface area contributed by atoms with E-state index in [1.165, 1.54) is 6.07 Å². The van der Waals surface area contributed by atoms with Gasteiger partial charge in [-0.05, 0) is 52.9 Å². The fraction of sp³-hybridized carbons (Fsp3) is 0.130. The average Bonchev–Trinajstić information content (AvgIpc) is 3.34. The first kappa shape index (κ1) is 21.3. The van der Waals surface area contributed by atoms with Crippen molar-refractivity contribution >= 4 is 17.5 Å². The van der Waals surface area contributed by atoms with Crippen LogP contribution >= 0.6 is 11.6 Å². The van der Waals surface area contributed by atoms with Gasteiger partial charge in [-0.25, -0.2) is 5.10 Å². The summed E-state index contributed by atoms with van der Waals surface area (Å²) in [7, 11) is 0. The molecule has 1 atom stereocenters. The number of para-hydroxylation sites is 2. The number of rotatable bonds is 8. The number of nitrogens with one attached hydrogen (secondary N) is 2. The molecule has 9 heteroatoms. The molecule has 4 aromatic rings. The second kappa shape index (κ2) is 9.93. The number of phenols is 1. The number of nitrogens with zero attached hydrogens (tertiary/aromatic N) is 3. The smallest absolute Gasteiger partial charge is 0.255 e. The standard InChI is InChI=1S/C23H20ClN5O3/c24-15-10-11-17(22-26-28-29-27-22)19(14-15)21(32-16-6-2-1-3-7-16)12-13-25-23(31)18-8-4-5-9-20(18)30/h1-11,14,21,30H,12-13H2,(H,25,31)(H,26,27,28,29). The maximum absolute atomic E-state index is 12.5. The number of aromatic nitrogens is 4. The van der Waals surface area contributed by atoms with Crippen LogP contribution in [0.15, 0.2) is 72.8 Å². The molecule has 0 radical (unpaired) electrons. The molecule has 3 N–H and O–H groups in total. The number of aromatic amines is 1. The molecule has 3 aromatic carbocycles. The van der Waals surface area contributed by atoms with Crippen LogP contribution in [0.4, 0.5) is 0 Å². The Morgan fingerprint density at radius 3 is 2.62 bits per heavy atom. The lowest BCUT2D eigenvalue weighted by molar-refractivity contribution is 0.0943. The van der Waals surface area contributed by atoms with E-state index in [4.69, 9.17) is 16.3 Å². The first-order valence-corrected chi connectivity index (χ1v) is 10.3. The summed E-state index contributed by atoms with van der Waals surface area (Å²) in [4.78, 5) is 12.5. The number of hydrogen-bond acceptors (Lipinski definition) is 6. The van der Waals surface area contributed by atoms with E-state index in [1.54, 1.807) is 30.3 Å².